The zero-order chi connectivity index (χ0) is 22.1. The maximum absolute atomic E-state index is 13.0. The van der Waals surface area contributed by atoms with Crippen LogP contribution in [-0.4, -0.2) is 80.1 Å². The van der Waals surface area contributed by atoms with Crippen LogP contribution in [0.2, 0.25) is 0 Å². The molecule has 1 N–H and O–H groups in total. The van der Waals surface area contributed by atoms with E-state index < -0.39 is 11.7 Å². The van der Waals surface area contributed by atoms with E-state index in [2.05, 4.69) is 25.5 Å². The summed E-state index contributed by atoms with van der Waals surface area (Å²) in [6.07, 6.45) is 3.08. The second-order valence-corrected chi connectivity index (χ2v) is 7.27. The minimum atomic E-state index is -0.592. The van der Waals surface area contributed by atoms with Crippen molar-refractivity contribution in [2.45, 2.75) is 0 Å². The van der Waals surface area contributed by atoms with Crippen molar-refractivity contribution < 1.29 is 14.3 Å². The molecular formula is C21H20N8O3. The Balaban J connectivity index is 1.31. The summed E-state index contributed by atoms with van der Waals surface area (Å²) in [5, 5.41) is 12.5. The van der Waals surface area contributed by atoms with E-state index in [-0.39, 0.29) is 5.56 Å². The molecule has 1 aliphatic rings. The Morgan fingerprint density at radius 3 is 2.59 bits per heavy atom. The van der Waals surface area contributed by atoms with Crippen molar-refractivity contribution in [3.05, 3.63) is 54.4 Å². The number of anilines is 1. The first kappa shape index (κ1) is 19.7. The molecule has 1 aromatic carbocycles. The Morgan fingerprint density at radius 2 is 1.84 bits per heavy atom. The monoisotopic (exact) mass is 432 g/mol. The molecule has 4 heterocycles. The van der Waals surface area contributed by atoms with Crippen molar-refractivity contribution in [2.24, 2.45) is 0 Å². The molecule has 0 unspecified atom stereocenters. The molecule has 32 heavy (non-hydrogen) atoms. The fourth-order valence-corrected chi connectivity index (χ4v) is 3.86. The molecule has 5 rings (SSSR count). The number of hydrogen-bond donors (Lipinski definition) is 1. The number of methoxy groups -OCH3 is 1. The van der Waals surface area contributed by atoms with Gasteiger partial charge in [-0.15, -0.1) is 0 Å². The third kappa shape index (κ3) is 3.33. The molecule has 3 aromatic heterocycles. The van der Waals surface area contributed by atoms with E-state index >= 15 is 0 Å². The van der Waals surface area contributed by atoms with Gasteiger partial charge in [0.05, 0.1) is 23.7 Å². The van der Waals surface area contributed by atoms with E-state index in [9.17, 15) is 9.59 Å². The van der Waals surface area contributed by atoms with Crippen LogP contribution in [0, 0.1) is 0 Å². The standard InChI is InChI=1S/C21H20N8O3/c1-32-16-7-8-22-19-17(16)15(13-23-19)18(30)20(31)27-9-11-28(12-10-27)21-24-25-26-29(21)14-5-3-2-4-6-14/h2-8,13H,9-12H2,1H3,(H,22,23). The fraction of sp³-hybridized carbons (Fsp3) is 0.238. The number of carbonyl (C=O) groups is 2. The Labute approximate surface area is 182 Å². The van der Waals surface area contributed by atoms with Gasteiger partial charge in [0.25, 0.3) is 11.7 Å². The van der Waals surface area contributed by atoms with E-state index in [0.29, 0.717) is 48.9 Å². The van der Waals surface area contributed by atoms with E-state index in [0.717, 1.165) is 5.69 Å². The Kier molecular flexibility index (Phi) is 4.98. The van der Waals surface area contributed by atoms with Crippen LogP contribution in [0.15, 0.2) is 48.8 Å². The van der Waals surface area contributed by atoms with Crippen LogP contribution in [0.1, 0.15) is 10.4 Å². The average Bonchev–Trinajstić information content (AvgIpc) is 3.51. The smallest absolute Gasteiger partial charge is 0.295 e. The van der Waals surface area contributed by atoms with Gasteiger partial charge >= 0.3 is 0 Å². The van der Waals surface area contributed by atoms with Crippen LogP contribution in [0.3, 0.4) is 0 Å². The summed E-state index contributed by atoms with van der Waals surface area (Å²) in [6.45, 7) is 1.77. The van der Waals surface area contributed by atoms with Gasteiger partial charge in [0.15, 0.2) is 0 Å². The number of hydrogen-bond acceptors (Lipinski definition) is 8. The number of amides is 1. The number of piperazine rings is 1. The van der Waals surface area contributed by atoms with Gasteiger partial charge in [0.2, 0.25) is 5.95 Å². The number of Topliss-reactive ketones (excluding diaryl/α,β-unsaturated/α-hetero) is 1. The zero-order valence-corrected chi connectivity index (χ0v) is 17.3. The predicted octanol–water partition coefficient (Wildman–Crippen LogP) is 1.08. The van der Waals surface area contributed by atoms with Gasteiger partial charge in [0.1, 0.15) is 11.4 Å². The average molecular weight is 432 g/mol. The third-order valence-electron chi connectivity index (χ3n) is 5.50. The number of pyridine rings is 1. The summed E-state index contributed by atoms with van der Waals surface area (Å²) in [5.74, 6) is -0.0590. The third-order valence-corrected chi connectivity index (χ3v) is 5.50. The van der Waals surface area contributed by atoms with Crippen molar-refractivity contribution in [1.29, 1.82) is 0 Å². The second kappa shape index (κ2) is 8.10. The summed E-state index contributed by atoms with van der Waals surface area (Å²) in [5.41, 5.74) is 1.60. The van der Waals surface area contributed by atoms with Crippen molar-refractivity contribution in [1.82, 2.24) is 35.1 Å². The summed E-state index contributed by atoms with van der Waals surface area (Å²) >= 11 is 0. The first-order chi connectivity index (χ1) is 15.7. The number of benzene rings is 1. The number of ketones is 1. The first-order valence-electron chi connectivity index (χ1n) is 10.1. The van der Waals surface area contributed by atoms with Crippen LogP contribution in [0.25, 0.3) is 16.7 Å². The molecule has 0 spiro atoms. The van der Waals surface area contributed by atoms with Crippen molar-refractivity contribution >= 4 is 28.7 Å². The molecule has 1 aliphatic heterocycles. The quantitative estimate of drug-likeness (QED) is 0.367. The number of nitrogens with zero attached hydrogens (tertiary/aromatic N) is 7. The molecule has 0 atom stereocenters. The number of rotatable bonds is 5. The Bertz CT molecular complexity index is 1270. The molecule has 1 amide bonds. The lowest BCUT2D eigenvalue weighted by atomic mass is 10.1. The molecule has 0 bridgehead atoms. The normalized spacial score (nSPS) is 14.0. The number of nitrogens with one attached hydrogen (secondary N) is 1. The second-order valence-electron chi connectivity index (χ2n) is 7.27. The maximum Gasteiger partial charge on any atom is 0.295 e. The lowest BCUT2D eigenvalue weighted by Gasteiger charge is -2.34. The van der Waals surface area contributed by atoms with E-state index in [1.165, 1.54) is 13.3 Å². The summed E-state index contributed by atoms with van der Waals surface area (Å²) in [7, 11) is 1.51. The molecule has 162 valence electrons. The van der Waals surface area contributed by atoms with Crippen molar-refractivity contribution in [2.75, 3.05) is 38.2 Å². The summed E-state index contributed by atoms with van der Waals surface area (Å²) in [4.78, 5) is 36.6. The van der Waals surface area contributed by atoms with Crippen LogP contribution >= 0.6 is 0 Å². The van der Waals surface area contributed by atoms with Crippen LogP contribution in [0.5, 0.6) is 5.75 Å². The molecular weight excluding hydrogens is 412 g/mol. The number of aromatic nitrogens is 6. The predicted molar refractivity (Wildman–Crippen MR) is 115 cm³/mol. The molecule has 0 radical (unpaired) electrons. The Hall–Kier alpha value is -4.28. The molecule has 1 saturated heterocycles. The van der Waals surface area contributed by atoms with E-state index in [4.69, 9.17) is 4.74 Å². The SMILES string of the molecule is COc1ccnc2[nH]cc(C(=O)C(=O)N3CCN(c4nnnn4-c4ccccc4)CC3)c12. The maximum atomic E-state index is 13.0. The van der Waals surface area contributed by atoms with Gasteiger partial charge < -0.3 is 19.5 Å². The minimum absolute atomic E-state index is 0.255. The van der Waals surface area contributed by atoms with Crippen LogP contribution < -0.4 is 9.64 Å². The van der Waals surface area contributed by atoms with Gasteiger partial charge in [-0.25, -0.2) is 4.98 Å². The van der Waals surface area contributed by atoms with Gasteiger partial charge in [-0.05, 0) is 28.6 Å². The van der Waals surface area contributed by atoms with Gasteiger partial charge in [-0.3, -0.25) is 9.59 Å². The molecule has 0 aliphatic carbocycles. The molecule has 4 aromatic rings. The minimum Gasteiger partial charge on any atom is -0.496 e. The van der Waals surface area contributed by atoms with Gasteiger partial charge in [0, 0.05) is 38.6 Å². The summed E-state index contributed by atoms with van der Waals surface area (Å²) in [6, 6.07) is 11.3. The molecule has 11 heteroatoms. The lowest BCUT2D eigenvalue weighted by Crippen LogP contribution is -2.51. The largest absolute Gasteiger partial charge is 0.496 e. The number of fused-ring (bicyclic) bond motifs is 1. The lowest BCUT2D eigenvalue weighted by molar-refractivity contribution is -0.126. The number of aromatic amines is 1. The van der Waals surface area contributed by atoms with Gasteiger partial charge in [-0.1, -0.05) is 23.3 Å². The molecule has 0 saturated carbocycles. The van der Waals surface area contributed by atoms with Crippen LogP contribution in [-0.2, 0) is 4.79 Å². The van der Waals surface area contributed by atoms with E-state index in [1.807, 2.05) is 35.2 Å². The number of para-hydroxylation sites is 1. The number of tetrazole rings is 1. The van der Waals surface area contributed by atoms with Crippen molar-refractivity contribution in [3.63, 3.8) is 0 Å². The van der Waals surface area contributed by atoms with Crippen molar-refractivity contribution in [3.8, 4) is 11.4 Å². The highest BCUT2D eigenvalue weighted by Crippen LogP contribution is 2.28. The van der Waals surface area contributed by atoms with Gasteiger partial charge in [-0.2, -0.15) is 4.68 Å². The molecule has 11 nitrogen and oxygen atoms in total. The zero-order valence-electron chi connectivity index (χ0n) is 17.3. The van der Waals surface area contributed by atoms with Crippen LogP contribution in [0.4, 0.5) is 5.95 Å². The topological polar surface area (TPSA) is 122 Å². The highest BCUT2D eigenvalue weighted by atomic mass is 16.5. The highest BCUT2D eigenvalue weighted by molar-refractivity contribution is 6.45. The fourth-order valence-electron chi connectivity index (χ4n) is 3.86. The summed E-state index contributed by atoms with van der Waals surface area (Å²) < 4.78 is 7.00. The molecule has 1 fully saturated rings. The number of ether oxygens (including phenoxy) is 1. The number of carbonyl (C=O) groups excluding carboxylic acids is 2. The van der Waals surface area contributed by atoms with E-state index in [1.54, 1.807) is 21.8 Å². The highest BCUT2D eigenvalue weighted by Gasteiger charge is 2.30. The Morgan fingerprint density at radius 1 is 1.06 bits per heavy atom. The first-order valence-corrected chi connectivity index (χ1v) is 10.1. The number of H-pyrrole nitrogens is 1.